The molecule has 0 radical (unpaired) electrons. The second kappa shape index (κ2) is 5.89. The van der Waals surface area contributed by atoms with Crippen molar-refractivity contribution >= 4 is 17.4 Å². The molecule has 4 nitrogen and oxygen atoms in total. The van der Waals surface area contributed by atoms with Crippen molar-refractivity contribution in [1.82, 2.24) is 14.8 Å². The molecule has 7 heteroatoms. The lowest BCUT2D eigenvalue weighted by Crippen LogP contribution is -2.11. The normalized spacial score (nSPS) is 10.8. The number of rotatable bonds is 3. The SMILES string of the molecule is Cc1nncn1-c1ccc(Cl)cc1C(=O)c1c(F)cccc1F. The Bertz CT molecular complexity index is 888. The van der Waals surface area contributed by atoms with Crippen molar-refractivity contribution in [2.24, 2.45) is 0 Å². The van der Waals surface area contributed by atoms with E-state index in [0.29, 0.717) is 11.5 Å². The van der Waals surface area contributed by atoms with E-state index in [1.807, 2.05) is 0 Å². The van der Waals surface area contributed by atoms with Crippen LogP contribution in [0.3, 0.4) is 0 Å². The minimum Gasteiger partial charge on any atom is -0.288 e. The average Bonchev–Trinajstić information content (AvgIpc) is 2.93. The molecular formula is C16H10ClF2N3O. The third-order valence-corrected chi connectivity index (χ3v) is 3.61. The summed E-state index contributed by atoms with van der Waals surface area (Å²) in [6.07, 6.45) is 1.41. The lowest BCUT2D eigenvalue weighted by molar-refractivity contribution is 0.103. The summed E-state index contributed by atoms with van der Waals surface area (Å²) in [5.41, 5.74) is -0.171. The van der Waals surface area contributed by atoms with E-state index in [4.69, 9.17) is 11.6 Å². The number of ketones is 1. The Hall–Kier alpha value is -2.60. The van der Waals surface area contributed by atoms with Crippen molar-refractivity contribution in [3.63, 3.8) is 0 Å². The first kappa shape index (κ1) is 15.3. The molecule has 0 unspecified atom stereocenters. The molecule has 1 heterocycles. The number of carbonyl (C=O) groups is 1. The molecule has 0 saturated carbocycles. The van der Waals surface area contributed by atoms with Crippen LogP contribution in [0.15, 0.2) is 42.7 Å². The molecule has 23 heavy (non-hydrogen) atoms. The molecule has 1 aromatic heterocycles. The zero-order valence-electron chi connectivity index (χ0n) is 11.9. The van der Waals surface area contributed by atoms with E-state index >= 15 is 0 Å². The highest BCUT2D eigenvalue weighted by molar-refractivity contribution is 6.31. The molecule has 0 aliphatic rings. The summed E-state index contributed by atoms with van der Waals surface area (Å²) in [6, 6.07) is 7.78. The van der Waals surface area contributed by atoms with Crippen LogP contribution in [0.25, 0.3) is 5.69 Å². The summed E-state index contributed by atoms with van der Waals surface area (Å²) >= 11 is 5.95. The Morgan fingerprint density at radius 2 is 1.87 bits per heavy atom. The minimum absolute atomic E-state index is 0.0596. The van der Waals surface area contributed by atoms with Crippen LogP contribution in [0.5, 0.6) is 0 Å². The third kappa shape index (κ3) is 2.73. The van der Waals surface area contributed by atoms with Crippen LogP contribution in [0.4, 0.5) is 8.78 Å². The van der Waals surface area contributed by atoms with Gasteiger partial charge in [-0.1, -0.05) is 17.7 Å². The predicted molar refractivity (Wildman–Crippen MR) is 80.9 cm³/mol. The standard InChI is InChI=1S/C16H10ClF2N3O/c1-9-21-20-8-22(9)14-6-5-10(17)7-11(14)16(23)15-12(18)3-2-4-13(15)19/h2-8H,1H3. The molecule has 3 rings (SSSR count). The first-order chi connectivity index (χ1) is 11.0. The van der Waals surface area contributed by atoms with Crippen molar-refractivity contribution in [1.29, 1.82) is 0 Å². The number of aromatic nitrogens is 3. The molecular weight excluding hydrogens is 324 g/mol. The molecule has 0 amide bonds. The molecule has 3 aromatic rings. The van der Waals surface area contributed by atoms with Crippen molar-refractivity contribution in [2.45, 2.75) is 6.92 Å². The number of carbonyl (C=O) groups excluding carboxylic acids is 1. The zero-order valence-corrected chi connectivity index (χ0v) is 12.7. The Morgan fingerprint density at radius 1 is 1.17 bits per heavy atom. The summed E-state index contributed by atoms with van der Waals surface area (Å²) in [4.78, 5) is 12.7. The van der Waals surface area contributed by atoms with Crippen molar-refractivity contribution in [3.8, 4) is 5.69 Å². The monoisotopic (exact) mass is 333 g/mol. The average molecular weight is 334 g/mol. The Kier molecular flexibility index (Phi) is 3.92. The minimum atomic E-state index is -0.929. The zero-order chi connectivity index (χ0) is 16.6. The maximum Gasteiger partial charge on any atom is 0.201 e. The molecule has 2 aromatic carbocycles. The van der Waals surface area contributed by atoms with E-state index in [2.05, 4.69) is 10.2 Å². The number of halogens is 3. The number of hydrogen-bond acceptors (Lipinski definition) is 3. The summed E-state index contributed by atoms with van der Waals surface area (Å²) in [5.74, 6) is -2.13. The molecule has 0 aliphatic carbocycles. The van der Waals surface area contributed by atoms with Crippen LogP contribution in [0.1, 0.15) is 21.7 Å². The van der Waals surface area contributed by atoms with Crippen LogP contribution in [0.2, 0.25) is 5.02 Å². The molecule has 0 aliphatic heterocycles. The molecule has 0 fully saturated rings. The molecule has 0 N–H and O–H groups in total. The first-order valence-electron chi connectivity index (χ1n) is 6.64. The molecule has 0 atom stereocenters. The molecule has 0 spiro atoms. The first-order valence-corrected chi connectivity index (χ1v) is 7.02. The highest BCUT2D eigenvalue weighted by atomic mass is 35.5. The fourth-order valence-corrected chi connectivity index (χ4v) is 2.45. The van der Waals surface area contributed by atoms with Gasteiger partial charge in [0.05, 0.1) is 11.3 Å². The highest BCUT2D eigenvalue weighted by Crippen LogP contribution is 2.25. The van der Waals surface area contributed by atoms with Crippen molar-refractivity contribution < 1.29 is 13.6 Å². The van der Waals surface area contributed by atoms with Gasteiger partial charge in [0.25, 0.3) is 0 Å². The van der Waals surface area contributed by atoms with Crippen molar-refractivity contribution in [2.75, 3.05) is 0 Å². The third-order valence-electron chi connectivity index (χ3n) is 3.37. The Morgan fingerprint density at radius 3 is 2.48 bits per heavy atom. The maximum absolute atomic E-state index is 13.9. The van der Waals surface area contributed by atoms with Crippen LogP contribution >= 0.6 is 11.6 Å². The fraction of sp³-hybridized carbons (Fsp3) is 0.0625. The van der Waals surface area contributed by atoms with Crippen LogP contribution < -0.4 is 0 Å². The fourth-order valence-electron chi connectivity index (χ4n) is 2.28. The molecule has 0 bridgehead atoms. The predicted octanol–water partition coefficient (Wildman–Crippen LogP) is 3.74. The highest BCUT2D eigenvalue weighted by Gasteiger charge is 2.22. The second-order valence-electron chi connectivity index (χ2n) is 4.84. The van der Waals surface area contributed by atoms with E-state index in [1.165, 1.54) is 18.5 Å². The van der Waals surface area contributed by atoms with Gasteiger partial charge in [-0.15, -0.1) is 10.2 Å². The van der Waals surface area contributed by atoms with E-state index in [9.17, 15) is 13.6 Å². The van der Waals surface area contributed by atoms with E-state index in [-0.39, 0.29) is 10.6 Å². The van der Waals surface area contributed by atoms with E-state index < -0.39 is 23.0 Å². The summed E-state index contributed by atoms with van der Waals surface area (Å²) < 4.78 is 29.4. The quantitative estimate of drug-likeness (QED) is 0.686. The maximum atomic E-state index is 13.9. The Labute approximate surface area is 135 Å². The molecule has 116 valence electrons. The van der Waals surface area contributed by atoms with Gasteiger partial charge in [-0.3, -0.25) is 9.36 Å². The van der Waals surface area contributed by atoms with Crippen LogP contribution in [-0.2, 0) is 0 Å². The Balaban J connectivity index is 2.22. The molecule has 0 saturated heterocycles. The smallest absolute Gasteiger partial charge is 0.201 e. The van der Waals surface area contributed by atoms with Gasteiger partial charge in [0, 0.05) is 10.6 Å². The van der Waals surface area contributed by atoms with E-state index in [0.717, 1.165) is 12.1 Å². The van der Waals surface area contributed by atoms with Gasteiger partial charge in [-0.2, -0.15) is 0 Å². The van der Waals surface area contributed by atoms with Crippen LogP contribution in [-0.4, -0.2) is 20.5 Å². The lowest BCUT2D eigenvalue weighted by Gasteiger charge is -2.12. The van der Waals surface area contributed by atoms with Crippen molar-refractivity contribution in [3.05, 3.63) is 76.3 Å². The summed E-state index contributed by atoms with van der Waals surface area (Å²) in [7, 11) is 0. The number of hydrogen-bond donors (Lipinski definition) is 0. The van der Waals surface area contributed by atoms with Gasteiger partial charge in [-0.05, 0) is 37.3 Å². The largest absolute Gasteiger partial charge is 0.288 e. The number of aryl methyl sites for hydroxylation is 1. The van der Waals surface area contributed by atoms with Gasteiger partial charge in [0.1, 0.15) is 23.8 Å². The summed E-state index contributed by atoms with van der Waals surface area (Å²) in [6.45, 7) is 1.69. The lowest BCUT2D eigenvalue weighted by atomic mass is 10.0. The second-order valence-corrected chi connectivity index (χ2v) is 5.27. The number of benzene rings is 2. The van der Waals surface area contributed by atoms with Crippen LogP contribution in [0, 0.1) is 18.6 Å². The van der Waals surface area contributed by atoms with Gasteiger partial charge < -0.3 is 0 Å². The van der Waals surface area contributed by atoms with E-state index in [1.54, 1.807) is 23.6 Å². The van der Waals surface area contributed by atoms with Gasteiger partial charge in [-0.25, -0.2) is 8.78 Å². The van der Waals surface area contributed by atoms with Gasteiger partial charge >= 0.3 is 0 Å². The summed E-state index contributed by atoms with van der Waals surface area (Å²) in [5, 5.41) is 7.87. The topological polar surface area (TPSA) is 47.8 Å². The van der Waals surface area contributed by atoms with Gasteiger partial charge in [0.15, 0.2) is 0 Å². The number of nitrogens with zero attached hydrogens (tertiary/aromatic N) is 3. The van der Waals surface area contributed by atoms with Gasteiger partial charge in [0.2, 0.25) is 5.78 Å².